The zero-order valence-corrected chi connectivity index (χ0v) is 24.3. The van der Waals surface area contributed by atoms with E-state index >= 15 is 0 Å². The predicted octanol–water partition coefficient (Wildman–Crippen LogP) is 7.58. The molecule has 2 N–H and O–H groups in total. The molecule has 0 aliphatic heterocycles. The van der Waals surface area contributed by atoms with Crippen molar-refractivity contribution in [2.45, 2.75) is 72.3 Å². The second-order valence-corrected chi connectivity index (χ2v) is 10.6. The number of hydrogen-bond donors (Lipinski definition) is 2. The molecule has 0 bridgehead atoms. The highest BCUT2D eigenvalue weighted by atomic mass is 35.5. The van der Waals surface area contributed by atoms with Crippen LogP contribution in [0.25, 0.3) is 0 Å². The van der Waals surface area contributed by atoms with Crippen molar-refractivity contribution in [1.29, 1.82) is 0 Å². The van der Waals surface area contributed by atoms with Gasteiger partial charge in [0.05, 0.1) is 16.9 Å². The number of nitrogens with one attached hydrogen (secondary N) is 2. The lowest BCUT2D eigenvalue weighted by Gasteiger charge is -2.23. The van der Waals surface area contributed by atoms with Crippen molar-refractivity contribution in [3.8, 4) is 5.75 Å². The van der Waals surface area contributed by atoms with Gasteiger partial charge in [0.1, 0.15) is 24.0 Å². The minimum Gasteiger partial charge on any atom is -0.494 e. The van der Waals surface area contributed by atoms with Gasteiger partial charge in [0.25, 0.3) is 0 Å². The molecule has 0 heterocycles. The van der Waals surface area contributed by atoms with Gasteiger partial charge in [0, 0.05) is 12.1 Å². The van der Waals surface area contributed by atoms with Crippen molar-refractivity contribution in [3.05, 3.63) is 95.3 Å². The third-order valence-electron chi connectivity index (χ3n) is 5.11. The van der Waals surface area contributed by atoms with E-state index in [-0.39, 0.29) is 12.5 Å². The van der Waals surface area contributed by atoms with Crippen LogP contribution in [0.15, 0.2) is 84.7 Å². The van der Waals surface area contributed by atoms with Gasteiger partial charge in [-0.25, -0.2) is 4.79 Å². The number of amides is 2. The number of benzene rings is 2. The number of ether oxygens (including phenoxy) is 3. The van der Waals surface area contributed by atoms with E-state index in [4.69, 9.17) is 25.8 Å². The molecule has 0 spiro atoms. The van der Waals surface area contributed by atoms with E-state index < -0.39 is 23.6 Å². The van der Waals surface area contributed by atoms with Crippen LogP contribution >= 0.6 is 11.6 Å². The highest BCUT2D eigenvalue weighted by Crippen LogP contribution is 2.28. The van der Waals surface area contributed by atoms with Crippen LogP contribution in [-0.4, -0.2) is 29.7 Å². The Hall–Kier alpha value is -3.71. The summed E-state index contributed by atoms with van der Waals surface area (Å²) >= 11 is 6.33. The Morgan fingerprint density at radius 3 is 2.36 bits per heavy atom. The molecule has 0 fully saturated rings. The van der Waals surface area contributed by atoms with Crippen LogP contribution in [-0.2, 0) is 20.9 Å². The minimum absolute atomic E-state index is 0.0455. The first-order chi connectivity index (χ1) is 18.4. The molecule has 0 saturated heterocycles. The Bertz CT molecular complexity index is 1180. The molecule has 2 rings (SSSR count). The number of anilines is 1. The molecule has 1 unspecified atom stereocenters. The molecule has 210 valence electrons. The third kappa shape index (κ3) is 12.1. The van der Waals surface area contributed by atoms with Crippen LogP contribution in [0.3, 0.4) is 0 Å². The van der Waals surface area contributed by atoms with Crippen molar-refractivity contribution in [2.75, 3.05) is 5.32 Å². The Kier molecular flexibility index (Phi) is 12.1. The normalized spacial score (nSPS) is 12.9. The van der Waals surface area contributed by atoms with Gasteiger partial charge in [-0.05, 0) is 77.0 Å². The first-order valence-corrected chi connectivity index (χ1v) is 13.2. The summed E-state index contributed by atoms with van der Waals surface area (Å²) in [5.41, 5.74) is 1.51. The minimum atomic E-state index is -0.951. The number of allylic oxidation sites excluding steroid dienone is 4. The Labute approximate surface area is 236 Å². The van der Waals surface area contributed by atoms with E-state index in [0.717, 1.165) is 5.56 Å². The van der Waals surface area contributed by atoms with E-state index in [9.17, 15) is 9.59 Å². The average molecular weight is 555 g/mol. The number of hydrogen-bond acceptors (Lipinski definition) is 5. The zero-order valence-electron chi connectivity index (χ0n) is 23.5. The first kappa shape index (κ1) is 31.5. The molecule has 7 nitrogen and oxygen atoms in total. The molecule has 2 aromatic carbocycles. The molecule has 39 heavy (non-hydrogen) atoms. The van der Waals surface area contributed by atoms with Crippen molar-refractivity contribution >= 4 is 29.3 Å². The third-order valence-corrected chi connectivity index (χ3v) is 5.41. The molecule has 8 heteroatoms. The summed E-state index contributed by atoms with van der Waals surface area (Å²) < 4.78 is 16.8. The van der Waals surface area contributed by atoms with Gasteiger partial charge in [-0.2, -0.15) is 0 Å². The summed E-state index contributed by atoms with van der Waals surface area (Å²) in [5, 5.41) is 5.85. The number of rotatable bonds is 12. The van der Waals surface area contributed by atoms with Gasteiger partial charge < -0.3 is 24.8 Å². The molecular formula is C31H39ClN2O5. The molecule has 0 aliphatic carbocycles. The Morgan fingerprint density at radius 2 is 1.77 bits per heavy atom. The SMILES string of the molecule is C=C/C(=C\C=C(/C)OCc1ccccc1)CC(NC(=O)OC(C)(C)C)C(=O)Nc1ccc(OC(C)C)c(Cl)c1. The fourth-order valence-corrected chi connectivity index (χ4v) is 3.54. The van der Waals surface area contributed by atoms with Crippen LogP contribution < -0.4 is 15.4 Å². The molecule has 2 amide bonds. The van der Waals surface area contributed by atoms with Crippen LogP contribution in [0.5, 0.6) is 5.75 Å². The fraction of sp³-hybridized carbons (Fsp3) is 0.355. The van der Waals surface area contributed by atoms with Crippen LogP contribution in [0.4, 0.5) is 10.5 Å². The standard InChI is InChI=1S/C31H39ClN2O5/c1-8-23(15-14-22(4)37-20-24-12-10-9-11-13-24)18-27(34-30(36)39-31(5,6)7)29(35)33-25-16-17-28(26(32)19-25)38-21(2)3/h8-17,19,21,27H,1,18,20H2,2-7H3,(H,33,35)(H,34,36)/b22-14+,23-15+. The van der Waals surface area contributed by atoms with Gasteiger partial charge in [-0.1, -0.05) is 60.7 Å². The molecule has 0 saturated carbocycles. The number of carbonyl (C=O) groups excluding carboxylic acids is 2. The number of carbonyl (C=O) groups is 2. The lowest BCUT2D eigenvalue weighted by atomic mass is 10.0. The van der Waals surface area contributed by atoms with Crippen LogP contribution in [0, 0.1) is 0 Å². The highest BCUT2D eigenvalue weighted by Gasteiger charge is 2.25. The van der Waals surface area contributed by atoms with Crippen LogP contribution in [0.1, 0.15) is 53.5 Å². The molecule has 0 radical (unpaired) electrons. The van der Waals surface area contributed by atoms with Crippen molar-refractivity contribution < 1.29 is 23.8 Å². The van der Waals surface area contributed by atoms with Crippen molar-refractivity contribution in [1.82, 2.24) is 5.32 Å². The molecule has 2 aromatic rings. The second-order valence-electron chi connectivity index (χ2n) is 10.2. The summed E-state index contributed by atoms with van der Waals surface area (Å²) in [6.07, 6.45) is 4.65. The number of alkyl carbamates (subject to hydrolysis) is 1. The summed E-state index contributed by atoms with van der Waals surface area (Å²) in [7, 11) is 0. The molecule has 1 atom stereocenters. The fourth-order valence-electron chi connectivity index (χ4n) is 3.32. The Balaban J connectivity index is 2.18. The maximum Gasteiger partial charge on any atom is 0.408 e. The lowest BCUT2D eigenvalue weighted by Crippen LogP contribution is -2.46. The molecule has 0 aliphatic rings. The molecular weight excluding hydrogens is 516 g/mol. The highest BCUT2D eigenvalue weighted by molar-refractivity contribution is 6.32. The smallest absolute Gasteiger partial charge is 0.408 e. The summed E-state index contributed by atoms with van der Waals surface area (Å²) in [6.45, 7) is 15.2. The summed E-state index contributed by atoms with van der Waals surface area (Å²) in [6, 6.07) is 13.9. The quantitative estimate of drug-likeness (QED) is 0.208. The van der Waals surface area contributed by atoms with Crippen molar-refractivity contribution in [2.24, 2.45) is 0 Å². The van der Waals surface area contributed by atoms with Gasteiger partial charge in [0.2, 0.25) is 5.91 Å². The van der Waals surface area contributed by atoms with Gasteiger partial charge in [-0.15, -0.1) is 0 Å². The average Bonchev–Trinajstić information content (AvgIpc) is 2.85. The first-order valence-electron chi connectivity index (χ1n) is 12.8. The Morgan fingerprint density at radius 1 is 1.08 bits per heavy atom. The summed E-state index contributed by atoms with van der Waals surface area (Å²) in [5.74, 6) is 0.766. The van der Waals surface area contributed by atoms with Crippen molar-refractivity contribution in [3.63, 3.8) is 0 Å². The predicted molar refractivity (Wildman–Crippen MR) is 157 cm³/mol. The maximum absolute atomic E-state index is 13.3. The summed E-state index contributed by atoms with van der Waals surface area (Å²) in [4.78, 5) is 25.8. The monoisotopic (exact) mass is 554 g/mol. The van der Waals surface area contributed by atoms with E-state index in [0.29, 0.717) is 34.4 Å². The number of halogens is 1. The largest absolute Gasteiger partial charge is 0.494 e. The maximum atomic E-state index is 13.3. The van der Waals surface area contributed by atoms with Crippen LogP contribution in [0.2, 0.25) is 5.02 Å². The van der Waals surface area contributed by atoms with Gasteiger partial charge in [0.15, 0.2) is 0 Å². The van der Waals surface area contributed by atoms with Gasteiger partial charge >= 0.3 is 6.09 Å². The molecule has 0 aromatic heterocycles. The lowest BCUT2D eigenvalue weighted by molar-refractivity contribution is -0.118. The van der Waals surface area contributed by atoms with E-state index in [2.05, 4.69) is 17.2 Å². The second kappa shape index (κ2) is 15.0. The van der Waals surface area contributed by atoms with Gasteiger partial charge in [-0.3, -0.25) is 4.79 Å². The van der Waals surface area contributed by atoms with E-state index in [1.807, 2.05) is 51.1 Å². The topological polar surface area (TPSA) is 85.9 Å². The zero-order chi connectivity index (χ0) is 29.0. The van der Waals surface area contributed by atoms with E-state index in [1.54, 1.807) is 57.2 Å². The van der Waals surface area contributed by atoms with E-state index in [1.165, 1.54) is 0 Å².